The summed E-state index contributed by atoms with van der Waals surface area (Å²) >= 11 is 1.76. The summed E-state index contributed by atoms with van der Waals surface area (Å²) in [6.07, 6.45) is 14.3. The van der Waals surface area contributed by atoms with Crippen molar-refractivity contribution in [3.8, 4) is 0 Å². The Balaban J connectivity index is 2.01. The van der Waals surface area contributed by atoms with Gasteiger partial charge in [0.2, 0.25) is 0 Å². The average Bonchev–Trinajstić information content (AvgIpc) is 2.31. The zero-order chi connectivity index (χ0) is 11.4. The highest BCUT2D eigenvalue weighted by Crippen LogP contribution is 2.37. The maximum atomic E-state index is 11.1. The lowest BCUT2D eigenvalue weighted by molar-refractivity contribution is -0.140. The predicted molar refractivity (Wildman–Crippen MR) is 67.3 cm³/mol. The van der Waals surface area contributed by atoms with Crippen molar-refractivity contribution in [2.24, 2.45) is 5.92 Å². The monoisotopic (exact) mass is 236 g/mol. The van der Waals surface area contributed by atoms with E-state index in [1.165, 1.54) is 0 Å². The Morgan fingerprint density at radius 2 is 2.19 bits per heavy atom. The van der Waals surface area contributed by atoms with Crippen molar-refractivity contribution in [3.05, 3.63) is 35.3 Å². The molecule has 0 aromatic rings. The molecule has 2 rings (SSSR count). The molecule has 0 amide bonds. The molecular formula is C13H16O2S. The van der Waals surface area contributed by atoms with Crippen molar-refractivity contribution in [2.75, 3.05) is 0 Å². The fraction of sp³-hybridized carbons (Fsp3) is 0.462. The molecule has 3 heteroatoms. The number of hydrogen-bond acceptors (Lipinski definition) is 2. The van der Waals surface area contributed by atoms with Crippen LogP contribution in [-0.4, -0.2) is 16.3 Å². The minimum atomic E-state index is -0.700. The molecule has 0 radical (unpaired) electrons. The molecule has 86 valence electrons. The maximum absolute atomic E-state index is 11.1. The van der Waals surface area contributed by atoms with Crippen LogP contribution in [0.3, 0.4) is 0 Å². The smallest absolute Gasteiger partial charge is 0.311 e. The highest BCUT2D eigenvalue weighted by atomic mass is 32.2. The molecule has 0 aromatic carbocycles. The van der Waals surface area contributed by atoms with Crippen molar-refractivity contribution in [1.82, 2.24) is 0 Å². The number of carbonyl (C=O) groups is 1. The van der Waals surface area contributed by atoms with E-state index in [0.717, 1.165) is 24.2 Å². The van der Waals surface area contributed by atoms with Gasteiger partial charge >= 0.3 is 5.97 Å². The normalized spacial score (nSPS) is 28.9. The second-order valence-electron chi connectivity index (χ2n) is 4.15. The van der Waals surface area contributed by atoms with Gasteiger partial charge < -0.3 is 5.11 Å². The van der Waals surface area contributed by atoms with Crippen LogP contribution in [0.15, 0.2) is 35.3 Å². The Morgan fingerprint density at radius 3 is 2.88 bits per heavy atom. The van der Waals surface area contributed by atoms with E-state index in [1.807, 2.05) is 18.2 Å². The summed E-state index contributed by atoms with van der Waals surface area (Å²) in [5, 5.41) is 9.70. The topological polar surface area (TPSA) is 37.3 Å². The van der Waals surface area contributed by atoms with Crippen molar-refractivity contribution < 1.29 is 9.90 Å². The molecule has 0 aromatic heterocycles. The number of hydrogen-bond donors (Lipinski definition) is 1. The van der Waals surface area contributed by atoms with Gasteiger partial charge in [0.1, 0.15) is 0 Å². The third-order valence-corrected chi connectivity index (χ3v) is 4.39. The Labute approximate surface area is 100 Å². The van der Waals surface area contributed by atoms with Crippen LogP contribution in [0.2, 0.25) is 0 Å². The van der Waals surface area contributed by atoms with Gasteiger partial charge in [-0.25, -0.2) is 0 Å². The van der Waals surface area contributed by atoms with Gasteiger partial charge in [0.25, 0.3) is 0 Å². The van der Waals surface area contributed by atoms with Crippen molar-refractivity contribution in [1.29, 1.82) is 0 Å². The first kappa shape index (κ1) is 11.5. The largest absolute Gasteiger partial charge is 0.481 e. The van der Waals surface area contributed by atoms with E-state index in [2.05, 4.69) is 12.2 Å². The van der Waals surface area contributed by atoms with Crippen LogP contribution in [-0.2, 0) is 4.79 Å². The van der Waals surface area contributed by atoms with E-state index in [4.69, 9.17) is 5.11 Å². The summed E-state index contributed by atoms with van der Waals surface area (Å²) in [4.78, 5) is 12.1. The van der Waals surface area contributed by atoms with E-state index in [-0.39, 0.29) is 5.92 Å². The molecule has 16 heavy (non-hydrogen) atoms. The molecule has 0 saturated heterocycles. The molecule has 1 unspecified atom stereocenters. The lowest BCUT2D eigenvalue weighted by atomic mass is 10.0. The summed E-state index contributed by atoms with van der Waals surface area (Å²) < 4.78 is 0. The van der Waals surface area contributed by atoms with Crippen molar-refractivity contribution in [3.63, 3.8) is 0 Å². The average molecular weight is 236 g/mol. The second-order valence-corrected chi connectivity index (χ2v) is 5.52. The first-order valence-corrected chi connectivity index (χ1v) is 6.56. The van der Waals surface area contributed by atoms with Gasteiger partial charge in [-0.2, -0.15) is 0 Å². The number of carboxylic acid groups (broad SMARTS) is 1. The van der Waals surface area contributed by atoms with E-state index in [9.17, 15) is 4.79 Å². The highest BCUT2D eigenvalue weighted by molar-refractivity contribution is 8.03. The van der Waals surface area contributed by atoms with E-state index in [1.54, 1.807) is 11.8 Å². The fourth-order valence-corrected chi connectivity index (χ4v) is 3.38. The van der Waals surface area contributed by atoms with Crippen LogP contribution >= 0.6 is 11.8 Å². The van der Waals surface area contributed by atoms with Gasteiger partial charge in [-0.3, -0.25) is 4.79 Å². The quantitative estimate of drug-likeness (QED) is 0.763. The van der Waals surface area contributed by atoms with Crippen LogP contribution in [0, 0.1) is 5.92 Å². The lowest BCUT2D eigenvalue weighted by Crippen LogP contribution is -2.17. The number of carboxylic acids is 1. The fourth-order valence-electron chi connectivity index (χ4n) is 2.02. The standard InChI is InChI=1S/C13H16O2S/c14-13(15)11-8-4-5-9-12(11)16-10-6-2-1-3-7-10/h1-2,4-5,9-11H,3,6-8H2,(H,14,15)/t10-,11?/m1/s1. The Hall–Kier alpha value is -0.960. The first-order chi connectivity index (χ1) is 7.77. The maximum Gasteiger partial charge on any atom is 0.311 e. The Kier molecular flexibility index (Phi) is 3.88. The van der Waals surface area contributed by atoms with Gasteiger partial charge in [-0.15, -0.1) is 11.8 Å². The highest BCUT2D eigenvalue weighted by Gasteiger charge is 2.25. The van der Waals surface area contributed by atoms with Crippen LogP contribution in [0.5, 0.6) is 0 Å². The van der Waals surface area contributed by atoms with Crippen molar-refractivity contribution in [2.45, 2.75) is 30.9 Å². The second kappa shape index (κ2) is 5.39. The van der Waals surface area contributed by atoms with Crippen molar-refractivity contribution >= 4 is 17.7 Å². The molecule has 0 spiro atoms. The summed E-state index contributed by atoms with van der Waals surface area (Å²) in [6.45, 7) is 0. The molecule has 2 nitrogen and oxygen atoms in total. The van der Waals surface area contributed by atoms with E-state index in [0.29, 0.717) is 11.7 Å². The Bertz CT molecular complexity index is 355. The van der Waals surface area contributed by atoms with Crippen LogP contribution < -0.4 is 0 Å². The molecule has 1 N–H and O–H groups in total. The predicted octanol–water partition coefficient (Wildman–Crippen LogP) is 3.37. The van der Waals surface area contributed by atoms with Crippen LogP contribution in [0.1, 0.15) is 25.7 Å². The first-order valence-electron chi connectivity index (χ1n) is 5.68. The number of thioether (sulfide) groups is 1. The molecule has 2 atom stereocenters. The SMILES string of the molecule is O=C(O)C1CC=CC=C1S[C@@H]1CC=CCC1. The molecular weight excluding hydrogens is 220 g/mol. The number of allylic oxidation sites excluding steroid dienone is 5. The third kappa shape index (κ3) is 2.79. The molecule has 0 aliphatic heterocycles. The minimum Gasteiger partial charge on any atom is -0.481 e. The lowest BCUT2D eigenvalue weighted by Gasteiger charge is -2.23. The number of rotatable bonds is 3. The van der Waals surface area contributed by atoms with Crippen LogP contribution in [0.25, 0.3) is 0 Å². The van der Waals surface area contributed by atoms with Gasteiger partial charge in [0, 0.05) is 5.25 Å². The minimum absolute atomic E-state index is 0.319. The molecule has 2 aliphatic rings. The Morgan fingerprint density at radius 1 is 1.31 bits per heavy atom. The van der Waals surface area contributed by atoms with E-state index < -0.39 is 5.97 Å². The van der Waals surface area contributed by atoms with Gasteiger partial charge in [-0.1, -0.05) is 30.4 Å². The summed E-state index contributed by atoms with van der Waals surface area (Å²) in [5.74, 6) is -1.02. The molecule has 0 bridgehead atoms. The zero-order valence-corrected chi connectivity index (χ0v) is 9.95. The molecule has 2 aliphatic carbocycles. The van der Waals surface area contributed by atoms with Gasteiger partial charge in [0.15, 0.2) is 0 Å². The number of aliphatic carboxylic acids is 1. The summed E-state index contributed by atoms with van der Waals surface area (Å²) in [7, 11) is 0. The van der Waals surface area contributed by atoms with E-state index >= 15 is 0 Å². The van der Waals surface area contributed by atoms with Crippen LogP contribution in [0.4, 0.5) is 0 Å². The third-order valence-electron chi connectivity index (χ3n) is 2.93. The van der Waals surface area contributed by atoms with Gasteiger partial charge in [0.05, 0.1) is 5.92 Å². The molecule has 0 fully saturated rings. The molecule has 0 saturated carbocycles. The van der Waals surface area contributed by atoms with Gasteiger partial charge in [-0.05, 0) is 30.6 Å². The zero-order valence-electron chi connectivity index (χ0n) is 9.13. The summed E-state index contributed by atoms with van der Waals surface area (Å²) in [6, 6.07) is 0. The summed E-state index contributed by atoms with van der Waals surface area (Å²) in [5.41, 5.74) is 0. The molecule has 0 heterocycles.